The molecule has 102 valence electrons. The van der Waals surface area contributed by atoms with Crippen LogP contribution in [0.5, 0.6) is 0 Å². The van der Waals surface area contributed by atoms with Gasteiger partial charge in [0.25, 0.3) is 5.91 Å². The summed E-state index contributed by atoms with van der Waals surface area (Å²) in [5, 5.41) is 3.11. The van der Waals surface area contributed by atoms with Gasteiger partial charge in [-0.25, -0.2) is 0 Å². The summed E-state index contributed by atoms with van der Waals surface area (Å²) in [5.74, 6) is 5.38. The number of hydrazine groups is 1. The molecule has 1 saturated heterocycles. The van der Waals surface area contributed by atoms with E-state index in [9.17, 15) is 4.79 Å². The molecule has 1 aliphatic carbocycles. The minimum atomic E-state index is -0.0452. The fourth-order valence-electron chi connectivity index (χ4n) is 2.75. The highest BCUT2D eigenvalue weighted by atomic mass is 16.1. The number of carbonyl (C=O) groups is 1. The molecule has 1 saturated carbocycles. The number of amides is 1. The van der Waals surface area contributed by atoms with Gasteiger partial charge >= 0.3 is 0 Å². The third-order valence-electron chi connectivity index (χ3n) is 3.95. The molecule has 1 aliphatic heterocycles. The Bertz CT molecular complexity index is 472. The van der Waals surface area contributed by atoms with Gasteiger partial charge in [0, 0.05) is 25.2 Å². The van der Waals surface area contributed by atoms with Crippen molar-refractivity contribution in [2.24, 2.45) is 5.84 Å². The van der Waals surface area contributed by atoms with Gasteiger partial charge in [-0.3, -0.25) is 15.5 Å². The number of likely N-dealkylation sites (tertiary alicyclic amines) is 1. The summed E-state index contributed by atoms with van der Waals surface area (Å²) in [5.41, 5.74) is 3.84. The Morgan fingerprint density at radius 1 is 1.26 bits per heavy atom. The second-order valence-corrected chi connectivity index (χ2v) is 5.38. The normalized spacial score (nSPS) is 23.3. The van der Waals surface area contributed by atoms with Gasteiger partial charge in [-0.15, -0.1) is 0 Å². The first-order valence-corrected chi connectivity index (χ1v) is 6.88. The largest absolute Gasteiger partial charge is 0.348 e. The molecule has 19 heavy (non-hydrogen) atoms. The molecule has 1 aromatic rings. The molecule has 1 heterocycles. The molecule has 1 atom stereocenters. The van der Waals surface area contributed by atoms with Crippen molar-refractivity contribution in [3.63, 3.8) is 0 Å². The highest BCUT2D eigenvalue weighted by Gasteiger charge is 2.34. The summed E-state index contributed by atoms with van der Waals surface area (Å²) in [6, 6.07) is 8.34. The van der Waals surface area contributed by atoms with Crippen molar-refractivity contribution in [1.29, 1.82) is 0 Å². The fraction of sp³-hybridized carbons (Fsp3) is 0.500. The Labute approximate surface area is 113 Å². The highest BCUT2D eigenvalue weighted by Crippen LogP contribution is 2.29. The maximum Gasteiger partial charge on any atom is 0.253 e. The van der Waals surface area contributed by atoms with Gasteiger partial charge in [-0.2, -0.15) is 0 Å². The minimum Gasteiger partial charge on any atom is -0.348 e. The van der Waals surface area contributed by atoms with E-state index in [1.165, 1.54) is 12.8 Å². The zero-order valence-electron chi connectivity index (χ0n) is 10.9. The molecule has 4 N–H and O–H groups in total. The number of hydrogen-bond donors (Lipinski definition) is 3. The molecule has 3 rings (SSSR count). The molecule has 1 amide bonds. The first-order chi connectivity index (χ1) is 9.28. The van der Waals surface area contributed by atoms with Crippen LogP contribution in [0.15, 0.2) is 24.3 Å². The van der Waals surface area contributed by atoms with Gasteiger partial charge in [-0.05, 0) is 31.4 Å². The van der Waals surface area contributed by atoms with Crippen molar-refractivity contribution in [2.75, 3.05) is 18.5 Å². The number of para-hydroxylation sites is 1. The second-order valence-electron chi connectivity index (χ2n) is 5.38. The van der Waals surface area contributed by atoms with Gasteiger partial charge < -0.3 is 10.7 Å². The van der Waals surface area contributed by atoms with E-state index in [4.69, 9.17) is 5.84 Å². The Hall–Kier alpha value is -1.59. The molecule has 5 nitrogen and oxygen atoms in total. The van der Waals surface area contributed by atoms with Crippen molar-refractivity contribution in [1.82, 2.24) is 10.2 Å². The van der Waals surface area contributed by atoms with Crippen LogP contribution in [0.3, 0.4) is 0 Å². The van der Waals surface area contributed by atoms with Crippen LogP contribution in [0.25, 0.3) is 0 Å². The van der Waals surface area contributed by atoms with E-state index in [1.54, 1.807) is 12.1 Å². The average Bonchev–Trinajstić information content (AvgIpc) is 3.19. The lowest BCUT2D eigenvalue weighted by Gasteiger charge is -2.16. The van der Waals surface area contributed by atoms with Gasteiger partial charge in [0.15, 0.2) is 0 Å². The monoisotopic (exact) mass is 260 g/mol. The quantitative estimate of drug-likeness (QED) is 0.556. The molecule has 0 aromatic heterocycles. The summed E-state index contributed by atoms with van der Waals surface area (Å²) in [6.45, 7) is 2.08. The van der Waals surface area contributed by atoms with E-state index in [0.717, 1.165) is 25.6 Å². The standard InChI is InChI=1S/C14H20N4O/c15-17-13-4-2-1-3-12(13)14(19)16-10-7-8-18(9-10)11-5-6-11/h1-4,10-11,17H,5-9,15H2,(H,16,19). The lowest BCUT2D eigenvalue weighted by molar-refractivity contribution is 0.0938. The number of nitrogens with one attached hydrogen (secondary N) is 2. The van der Waals surface area contributed by atoms with Crippen LogP contribution in [0, 0.1) is 0 Å². The smallest absolute Gasteiger partial charge is 0.253 e. The Morgan fingerprint density at radius 2 is 2.05 bits per heavy atom. The molecular weight excluding hydrogens is 240 g/mol. The van der Waals surface area contributed by atoms with Crippen molar-refractivity contribution < 1.29 is 4.79 Å². The van der Waals surface area contributed by atoms with Crippen molar-refractivity contribution >= 4 is 11.6 Å². The first kappa shape index (κ1) is 12.4. The van der Waals surface area contributed by atoms with Crippen LogP contribution in [0.4, 0.5) is 5.69 Å². The van der Waals surface area contributed by atoms with Crippen molar-refractivity contribution in [2.45, 2.75) is 31.3 Å². The molecule has 1 unspecified atom stereocenters. The fourth-order valence-corrected chi connectivity index (χ4v) is 2.75. The molecule has 2 fully saturated rings. The van der Waals surface area contributed by atoms with Gasteiger partial charge in [0.2, 0.25) is 0 Å². The van der Waals surface area contributed by atoms with Crippen molar-refractivity contribution in [3.8, 4) is 0 Å². The number of rotatable bonds is 4. The maximum atomic E-state index is 12.2. The number of anilines is 1. The number of hydrogen-bond acceptors (Lipinski definition) is 4. The molecule has 0 radical (unpaired) electrons. The lowest BCUT2D eigenvalue weighted by atomic mass is 10.1. The summed E-state index contributed by atoms with van der Waals surface area (Å²) in [4.78, 5) is 14.7. The Morgan fingerprint density at radius 3 is 2.79 bits per heavy atom. The number of benzene rings is 1. The van der Waals surface area contributed by atoms with E-state index < -0.39 is 0 Å². The number of nitrogens with two attached hydrogens (primary N) is 1. The Balaban J connectivity index is 1.61. The zero-order valence-corrected chi connectivity index (χ0v) is 10.9. The molecular formula is C14H20N4O. The minimum absolute atomic E-state index is 0.0452. The first-order valence-electron chi connectivity index (χ1n) is 6.88. The molecule has 2 aliphatic rings. The predicted octanol–water partition coefficient (Wildman–Crippen LogP) is 0.939. The average molecular weight is 260 g/mol. The summed E-state index contributed by atoms with van der Waals surface area (Å²) >= 11 is 0. The van der Waals surface area contributed by atoms with Crippen LogP contribution < -0.4 is 16.6 Å². The van der Waals surface area contributed by atoms with E-state index in [-0.39, 0.29) is 11.9 Å². The van der Waals surface area contributed by atoms with Gasteiger partial charge in [0.1, 0.15) is 0 Å². The molecule has 5 heteroatoms. The number of nitrogen functional groups attached to an aromatic ring is 1. The Kier molecular flexibility index (Phi) is 3.40. The summed E-state index contributed by atoms with van der Waals surface area (Å²) in [7, 11) is 0. The molecule has 0 spiro atoms. The van der Waals surface area contributed by atoms with E-state index >= 15 is 0 Å². The van der Waals surface area contributed by atoms with Crippen molar-refractivity contribution in [3.05, 3.63) is 29.8 Å². The number of carbonyl (C=O) groups excluding carboxylic acids is 1. The van der Waals surface area contributed by atoms with Gasteiger partial charge in [-0.1, -0.05) is 12.1 Å². The maximum absolute atomic E-state index is 12.2. The van der Waals surface area contributed by atoms with E-state index in [0.29, 0.717) is 11.3 Å². The van der Waals surface area contributed by atoms with Crippen LogP contribution in [0.1, 0.15) is 29.6 Å². The van der Waals surface area contributed by atoms with E-state index in [1.807, 2.05) is 12.1 Å². The van der Waals surface area contributed by atoms with Crippen LogP contribution in [-0.2, 0) is 0 Å². The summed E-state index contributed by atoms with van der Waals surface area (Å²) in [6.07, 6.45) is 3.68. The summed E-state index contributed by atoms with van der Waals surface area (Å²) < 4.78 is 0. The molecule has 0 bridgehead atoms. The van der Waals surface area contributed by atoms with Crippen LogP contribution in [-0.4, -0.2) is 36.0 Å². The SMILES string of the molecule is NNc1ccccc1C(=O)NC1CCN(C2CC2)C1. The second kappa shape index (κ2) is 5.19. The molecule has 1 aromatic carbocycles. The lowest BCUT2D eigenvalue weighted by Crippen LogP contribution is -2.37. The van der Waals surface area contributed by atoms with Crippen LogP contribution >= 0.6 is 0 Å². The predicted molar refractivity (Wildman–Crippen MR) is 74.7 cm³/mol. The third-order valence-corrected chi connectivity index (χ3v) is 3.95. The topological polar surface area (TPSA) is 70.4 Å². The van der Waals surface area contributed by atoms with Crippen LogP contribution in [0.2, 0.25) is 0 Å². The number of nitrogens with zero attached hydrogens (tertiary/aromatic N) is 1. The third kappa shape index (κ3) is 2.72. The zero-order chi connectivity index (χ0) is 13.2. The van der Waals surface area contributed by atoms with E-state index in [2.05, 4.69) is 15.6 Å². The van der Waals surface area contributed by atoms with Gasteiger partial charge in [0.05, 0.1) is 11.3 Å². The highest BCUT2D eigenvalue weighted by molar-refractivity contribution is 5.99.